The van der Waals surface area contributed by atoms with Crippen LogP contribution in [-0.2, 0) is 4.74 Å². The van der Waals surface area contributed by atoms with E-state index in [1.54, 1.807) is 6.07 Å². The minimum atomic E-state index is -0.116. The summed E-state index contributed by atoms with van der Waals surface area (Å²) in [4.78, 5) is 12.3. The van der Waals surface area contributed by atoms with Gasteiger partial charge in [0.1, 0.15) is 0 Å². The van der Waals surface area contributed by atoms with Gasteiger partial charge in [0.2, 0.25) is 0 Å². The lowest BCUT2D eigenvalue weighted by atomic mass is 10.1. The Morgan fingerprint density at radius 2 is 2.35 bits per heavy atom. The predicted molar refractivity (Wildman–Crippen MR) is 78.3 cm³/mol. The average Bonchev–Trinajstić information content (AvgIpc) is 2.99. The van der Waals surface area contributed by atoms with Crippen molar-refractivity contribution in [3.8, 4) is 11.8 Å². The van der Waals surface area contributed by atoms with Crippen LogP contribution in [0.15, 0.2) is 24.3 Å². The molecule has 2 unspecified atom stereocenters. The van der Waals surface area contributed by atoms with Crippen molar-refractivity contribution < 1.29 is 9.53 Å². The smallest absolute Gasteiger partial charge is 0.252 e. The van der Waals surface area contributed by atoms with E-state index in [4.69, 9.17) is 10.5 Å². The number of benzene rings is 1. The molecule has 106 valence electrons. The highest BCUT2D eigenvalue weighted by atomic mass is 16.5. The number of hydrogen-bond donors (Lipinski definition) is 2. The third-order valence-corrected chi connectivity index (χ3v) is 3.38. The van der Waals surface area contributed by atoms with Gasteiger partial charge in [-0.05, 0) is 31.9 Å². The van der Waals surface area contributed by atoms with Crippen LogP contribution in [0.5, 0.6) is 0 Å². The second kappa shape index (κ2) is 7.09. The van der Waals surface area contributed by atoms with Gasteiger partial charge in [0.25, 0.3) is 5.91 Å². The van der Waals surface area contributed by atoms with Crippen molar-refractivity contribution in [3.05, 3.63) is 35.4 Å². The van der Waals surface area contributed by atoms with Crippen molar-refractivity contribution in [3.63, 3.8) is 0 Å². The van der Waals surface area contributed by atoms with Crippen LogP contribution in [0.25, 0.3) is 0 Å². The summed E-state index contributed by atoms with van der Waals surface area (Å²) >= 11 is 0. The summed E-state index contributed by atoms with van der Waals surface area (Å²) in [5.41, 5.74) is 6.66. The van der Waals surface area contributed by atoms with E-state index >= 15 is 0 Å². The molecular formula is C16H20N2O2. The van der Waals surface area contributed by atoms with Crippen LogP contribution in [0.3, 0.4) is 0 Å². The first kappa shape index (κ1) is 14.6. The summed E-state index contributed by atoms with van der Waals surface area (Å²) in [5.74, 6) is 5.60. The minimum Gasteiger partial charge on any atom is -0.376 e. The number of ether oxygens (including phenoxy) is 1. The van der Waals surface area contributed by atoms with E-state index in [1.807, 2.05) is 25.1 Å². The molecule has 1 amide bonds. The lowest BCUT2D eigenvalue weighted by Gasteiger charge is -2.20. The first-order chi connectivity index (χ1) is 9.72. The van der Waals surface area contributed by atoms with Gasteiger partial charge in [-0.25, -0.2) is 0 Å². The lowest BCUT2D eigenvalue weighted by molar-refractivity contribution is 0.0712. The van der Waals surface area contributed by atoms with Crippen molar-refractivity contribution >= 4 is 5.91 Å². The molecule has 2 rings (SSSR count). The standard InChI is InChI=1S/C16H20N2O2/c1-12(15-9-5-11-20-15)18-16(19)14-8-3-2-6-13(14)7-4-10-17/h2-3,6,8,12,15H,5,9-11,17H2,1H3,(H,18,19). The molecule has 1 fully saturated rings. The SMILES string of the molecule is CC(NC(=O)c1ccccc1C#CCN)C1CCCO1. The largest absolute Gasteiger partial charge is 0.376 e. The Labute approximate surface area is 119 Å². The zero-order valence-corrected chi connectivity index (χ0v) is 11.7. The molecular weight excluding hydrogens is 252 g/mol. The van der Waals surface area contributed by atoms with Crippen LogP contribution in [0.2, 0.25) is 0 Å². The van der Waals surface area contributed by atoms with E-state index in [9.17, 15) is 4.79 Å². The normalized spacial score (nSPS) is 19.0. The summed E-state index contributed by atoms with van der Waals surface area (Å²) in [6.45, 7) is 3.04. The van der Waals surface area contributed by atoms with E-state index in [0.29, 0.717) is 11.1 Å². The molecule has 2 atom stereocenters. The molecule has 3 N–H and O–H groups in total. The summed E-state index contributed by atoms with van der Waals surface area (Å²) in [7, 11) is 0. The first-order valence-corrected chi connectivity index (χ1v) is 6.93. The van der Waals surface area contributed by atoms with Crippen molar-refractivity contribution in [1.29, 1.82) is 0 Å². The zero-order chi connectivity index (χ0) is 14.4. The fourth-order valence-electron chi connectivity index (χ4n) is 2.31. The van der Waals surface area contributed by atoms with E-state index < -0.39 is 0 Å². The van der Waals surface area contributed by atoms with Gasteiger partial charge in [-0.2, -0.15) is 0 Å². The van der Waals surface area contributed by atoms with Crippen LogP contribution >= 0.6 is 0 Å². The quantitative estimate of drug-likeness (QED) is 0.815. The topological polar surface area (TPSA) is 64.4 Å². The average molecular weight is 272 g/mol. The number of amides is 1. The van der Waals surface area contributed by atoms with Crippen LogP contribution in [-0.4, -0.2) is 31.2 Å². The van der Waals surface area contributed by atoms with Crippen LogP contribution in [0.4, 0.5) is 0 Å². The second-order valence-electron chi connectivity index (χ2n) is 4.87. The third-order valence-electron chi connectivity index (χ3n) is 3.38. The van der Waals surface area contributed by atoms with Crippen molar-refractivity contribution in [1.82, 2.24) is 5.32 Å². The summed E-state index contributed by atoms with van der Waals surface area (Å²) in [5, 5.41) is 2.99. The Kier molecular flexibility index (Phi) is 5.16. The second-order valence-corrected chi connectivity index (χ2v) is 4.87. The van der Waals surface area contributed by atoms with Gasteiger partial charge in [-0.1, -0.05) is 24.0 Å². The molecule has 1 heterocycles. The fourth-order valence-corrected chi connectivity index (χ4v) is 2.31. The van der Waals surface area contributed by atoms with Gasteiger partial charge >= 0.3 is 0 Å². The maximum atomic E-state index is 12.3. The molecule has 4 nitrogen and oxygen atoms in total. The summed E-state index contributed by atoms with van der Waals surface area (Å²) in [6, 6.07) is 7.30. The van der Waals surface area contributed by atoms with E-state index in [1.165, 1.54) is 0 Å². The number of nitrogens with two attached hydrogens (primary N) is 1. The van der Waals surface area contributed by atoms with Gasteiger partial charge < -0.3 is 15.8 Å². The number of rotatable bonds is 3. The number of nitrogens with one attached hydrogen (secondary N) is 1. The fraction of sp³-hybridized carbons (Fsp3) is 0.438. The molecule has 1 aliphatic rings. The lowest BCUT2D eigenvalue weighted by Crippen LogP contribution is -2.41. The van der Waals surface area contributed by atoms with Crippen LogP contribution in [0.1, 0.15) is 35.7 Å². The Morgan fingerprint density at radius 3 is 3.05 bits per heavy atom. The Morgan fingerprint density at radius 1 is 1.55 bits per heavy atom. The van der Waals surface area contributed by atoms with Gasteiger partial charge in [-0.3, -0.25) is 4.79 Å². The molecule has 0 aromatic heterocycles. The van der Waals surface area contributed by atoms with Gasteiger partial charge in [0, 0.05) is 12.2 Å². The van der Waals surface area contributed by atoms with Gasteiger partial charge in [0.15, 0.2) is 0 Å². The van der Waals surface area contributed by atoms with Gasteiger partial charge in [0.05, 0.1) is 24.3 Å². The summed E-state index contributed by atoms with van der Waals surface area (Å²) < 4.78 is 5.59. The van der Waals surface area contributed by atoms with Crippen LogP contribution < -0.4 is 11.1 Å². The Bertz CT molecular complexity index is 525. The molecule has 1 aromatic rings. The molecule has 1 aliphatic heterocycles. The molecule has 20 heavy (non-hydrogen) atoms. The number of hydrogen-bond acceptors (Lipinski definition) is 3. The highest BCUT2D eigenvalue weighted by molar-refractivity contribution is 5.96. The summed E-state index contributed by atoms with van der Waals surface area (Å²) in [6.07, 6.45) is 2.17. The monoisotopic (exact) mass is 272 g/mol. The molecule has 0 saturated carbocycles. The minimum absolute atomic E-state index is 0.000485. The molecule has 1 saturated heterocycles. The maximum absolute atomic E-state index is 12.3. The zero-order valence-electron chi connectivity index (χ0n) is 11.7. The highest BCUT2D eigenvalue weighted by Crippen LogP contribution is 2.16. The van der Waals surface area contributed by atoms with E-state index in [2.05, 4.69) is 17.2 Å². The highest BCUT2D eigenvalue weighted by Gasteiger charge is 2.24. The molecule has 0 aliphatic carbocycles. The molecule has 0 bridgehead atoms. The van der Waals surface area contributed by atoms with Crippen molar-refractivity contribution in [2.24, 2.45) is 5.73 Å². The number of carbonyl (C=O) groups is 1. The third kappa shape index (κ3) is 3.60. The molecule has 4 heteroatoms. The predicted octanol–water partition coefficient (Wildman–Crippen LogP) is 1.29. The molecule has 0 spiro atoms. The molecule has 1 aromatic carbocycles. The van der Waals surface area contributed by atoms with Gasteiger partial charge in [-0.15, -0.1) is 0 Å². The Hall–Kier alpha value is -1.83. The van der Waals surface area contributed by atoms with Crippen molar-refractivity contribution in [2.45, 2.75) is 31.9 Å². The Balaban J connectivity index is 2.08. The maximum Gasteiger partial charge on any atom is 0.252 e. The first-order valence-electron chi connectivity index (χ1n) is 6.93. The van der Waals surface area contributed by atoms with Crippen molar-refractivity contribution in [2.75, 3.05) is 13.2 Å². The van der Waals surface area contributed by atoms with E-state index in [-0.39, 0.29) is 24.6 Å². The van der Waals surface area contributed by atoms with Crippen LogP contribution in [0, 0.1) is 11.8 Å². The van der Waals surface area contributed by atoms with E-state index in [0.717, 1.165) is 19.4 Å². The molecule has 0 radical (unpaired) electrons. The number of carbonyl (C=O) groups excluding carboxylic acids is 1.